The molecule has 15 heavy (non-hydrogen) atoms. The molecule has 0 bridgehead atoms. The van der Waals surface area contributed by atoms with Crippen LogP contribution in [0.3, 0.4) is 0 Å². The molecule has 4 nitrogen and oxygen atoms in total. The van der Waals surface area contributed by atoms with Crippen molar-refractivity contribution in [1.29, 1.82) is 0 Å². The Bertz CT molecular complexity index is 340. The molecule has 1 aliphatic rings. The van der Waals surface area contributed by atoms with E-state index < -0.39 is 0 Å². The van der Waals surface area contributed by atoms with Crippen molar-refractivity contribution in [2.75, 3.05) is 13.2 Å². The van der Waals surface area contributed by atoms with Gasteiger partial charge >= 0.3 is 0 Å². The minimum atomic E-state index is -0.247. The van der Waals surface area contributed by atoms with E-state index in [1.165, 1.54) is 0 Å². The first-order chi connectivity index (χ1) is 7.31. The Kier molecular flexibility index (Phi) is 3.18. The number of aromatic nitrogens is 1. The van der Waals surface area contributed by atoms with E-state index in [0.717, 1.165) is 24.8 Å². The summed E-state index contributed by atoms with van der Waals surface area (Å²) < 4.78 is 6.96. The Balaban J connectivity index is 2.04. The number of carbonyl (C=O) groups excluding carboxylic acids is 1. The largest absolute Gasteiger partial charge is 0.368 e. The molecule has 82 valence electrons. The molecule has 2 rings (SSSR count). The van der Waals surface area contributed by atoms with E-state index in [0.29, 0.717) is 13.2 Å². The average molecular weight is 208 g/mol. The van der Waals surface area contributed by atoms with Gasteiger partial charge in [-0.05, 0) is 37.4 Å². The summed E-state index contributed by atoms with van der Waals surface area (Å²) in [5.41, 5.74) is 6.55. The van der Waals surface area contributed by atoms with Crippen molar-refractivity contribution in [3.8, 4) is 0 Å². The molecule has 0 aliphatic carbocycles. The molecular formula is C11H16N2O2. The zero-order valence-electron chi connectivity index (χ0n) is 8.69. The van der Waals surface area contributed by atoms with Gasteiger partial charge in [-0.2, -0.15) is 0 Å². The summed E-state index contributed by atoms with van der Waals surface area (Å²) in [4.78, 5) is 11.9. The van der Waals surface area contributed by atoms with Gasteiger partial charge in [0.15, 0.2) is 0 Å². The molecule has 0 spiro atoms. The van der Waals surface area contributed by atoms with E-state index in [2.05, 4.69) is 0 Å². The summed E-state index contributed by atoms with van der Waals surface area (Å²) in [5, 5.41) is 0. The third kappa shape index (κ3) is 2.27. The lowest BCUT2D eigenvalue weighted by molar-refractivity contribution is 0.0555. The van der Waals surface area contributed by atoms with Crippen LogP contribution in [-0.4, -0.2) is 29.7 Å². The molecule has 0 amide bonds. The van der Waals surface area contributed by atoms with E-state index in [4.69, 9.17) is 10.5 Å². The van der Waals surface area contributed by atoms with Crippen molar-refractivity contribution >= 4 is 5.91 Å². The highest BCUT2D eigenvalue weighted by Gasteiger charge is 2.24. The molecule has 0 saturated carbocycles. The number of nitrogens with two attached hydrogens (primary N) is 1. The van der Waals surface area contributed by atoms with Crippen LogP contribution < -0.4 is 5.73 Å². The Morgan fingerprint density at radius 1 is 1.67 bits per heavy atom. The molecule has 1 fully saturated rings. The average Bonchev–Trinajstić information content (AvgIpc) is 2.87. The summed E-state index contributed by atoms with van der Waals surface area (Å²) in [6.07, 6.45) is 6.01. The van der Waals surface area contributed by atoms with Crippen LogP contribution in [0.5, 0.6) is 0 Å². The fraction of sp³-hybridized carbons (Fsp3) is 0.545. The van der Waals surface area contributed by atoms with E-state index in [1.54, 1.807) is 10.8 Å². The molecule has 1 atom stereocenters. The van der Waals surface area contributed by atoms with Crippen LogP contribution in [0.25, 0.3) is 0 Å². The van der Waals surface area contributed by atoms with Gasteiger partial charge in [-0.1, -0.05) is 0 Å². The summed E-state index contributed by atoms with van der Waals surface area (Å²) in [5.74, 6) is 0.0378. The molecule has 2 heterocycles. The number of nitrogens with zero attached hydrogens (tertiary/aromatic N) is 1. The summed E-state index contributed by atoms with van der Waals surface area (Å²) in [6, 6.07) is 1.93. The highest BCUT2D eigenvalue weighted by molar-refractivity contribution is 5.83. The Hall–Kier alpha value is -1.13. The predicted octanol–water partition coefficient (Wildman–Crippen LogP) is 0.808. The van der Waals surface area contributed by atoms with Gasteiger partial charge in [0.05, 0.1) is 0 Å². The Morgan fingerprint density at radius 2 is 2.53 bits per heavy atom. The second-order valence-electron chi connectivity index (χ2n) is 3.81. The second-order valence-corrected chi connectivity index (χ2v) is 3.81. The SMILES string of the molecule is NCCc1ccn(C(=O)C2CCCO2)c1. The van der Waals surface area contributed by atoms with Crippen LogP contribution >= 0.6 is 0 Å². The van der Waals surface area contributed by atoms with E-state index in [9.17, 15) is 4.79 Å². The zero-order valence-corrected chi connectivity index (χ0v) is 8.69. The van der Waals surface area contributed by atoms with E-state index >= 15 is 0 Å². The minimum absolute atomic E-state index is 0.0378. The topological polar surface area (TPSA) is 57.2 Å². The standard InChI is InChI=1S/C11H16N2O2/c12-5-3-9-4-6-13(8-9)11(14)10-2-1-7-15-10/h4,6,8,10H,1-3,5,7,12H2. The monoisotopic (exact) mass is 208 g/mol. The van der Waals surface area contributed by atoms with Crippen molar-refractivity contribution in [2.24, 2.45) is 5.73 Å². The van der Waals surface area contributed by atoms with Gasteiger partial charge in [0.2, 0.25) is 0 Å². The van der Waals surface area contributed by atoms with Crippen molar-refractivity contribution in [3.63, 3.8) is 0 Å². The highest BCUT2D eigenvalue weighted by Crippen LogP contribution is 2.14. The van der Waals surface area contributed by atoms with E-state index in [1.807, 2.05) is 12.3 Å². The van der Waals surface area contributed by atoms with Crippen LogP contribution in [0.1, 0.15) is 23.2 Å². The predicted molar refractivity (Wildman–Crippen MR) is 56.8 cm³/mol. The van der Waals surface area contributed by atoms with Crippen LogP contribution in [0.2, 0.25) is 0 Å². The molecule has 1 saturated heterocycles. The lowest BCUT2D eigenvalue weighted by atomic mass is 10.2. The molecule has 4 heteroatoms. The van der Waals surface area contributed by atoms with Crippen molar-refractivity contribution in [3.05, 3.63) is 24.0 Å². The van der Waals surface area contributed by atoms with Crippen molar-refractivity contribution in [2.45, 2.75) is 25.4 Å². The first-order valence-electron chi connectivity index (χ1n) is 5.34. The maximum absolute atomic E-state index is 11.9. The third-order valence-corrected chi connectivity index (χ3v) is 2.65. The van der Waals surface area contributed by atoms with Gasteiger partial charge in [0.1, 0.15) is 6.10 Å². The minimum Gasteiger partial charge on any atom is -0.368 e. The van der Waals surface area contributed by atoms with Crippen LogP contribution in [0.15, 0.2) is 18.5 Å². The van der Waals surface area contributed by atoms with Crippen LogP contribution in [-0.2, 0) is 11.2 Å². The third-order valence-electron chi connectivity index (χ3n) is 2.65. The van der Waals surface area contributed by atoms with Crippen molar-refractivity contribution in [1.82, 2.24) is 4.57 Å². The number of rotatable bonds is 3. The fourth-order valence-corrected chi connectivity index (χ4v) is 1.83. The number of ether oxygens (including phenoxy) is 1. The molecule has 2 N–H and O–H groups in total. The number of hydrogen-bond donors (Lipinski definition) is 1. The molecule has 1 aromatic heterocycles. The smallest absolute Gasteiger partial charge is 0.259 e. The Labute approximate surface area is 89.0 Å². The summed E-state index contributed by atoms with van der Waals surface area (Å²) in [7, 11) is 0. The highest BCUT2D eigenvalue weighted by atomic mass is 16.5. The second kappa shape index (κ2) is 4.59. The lowest BCUT2D eigenvalue weighted by Crippen LogP contribution is -2.24. The fourth-order valence-electron chi connectivity index (χ4n) is 1.83. The lowest BCUT2D eigenvalue weighted by Gasteiger charge is -2.08. The molecule has 0 radical (unpaired) electrons. The first kappa shape index (κ1) is 10.4. The van der Waals surface area contributed by atoms with Crippen LogP contribution in [0.4, 0.5) is 0 Å². The van der Waals surface area contributed by atoms with Gasteiger partial charge in [-0.3, -0.25) is 9.36 Å². The molecule has 1 aliphatic heterocycles. The van der Waals surface area contributed by atoms with E-state index in [-0.39, 0.29) is 12.0 Å². The van der Waals surface area contributed by atoms with Crippen molar-refractivity contribution < 1.29 is 9.53 Å². The van der Waals surface area contributed by atoms with Gasteiger partial charge in [0, 0.05) is 19.0 Å². The summed E-state index contributed by atoms with van der Waals surface area (Å²) in [6.45, 7) is 1.31. The zero-order chi connectivity index (χ0) is 10.7. The quantitative estimate of drug-likeness (QED) is 0.799. The number of carbonyl (C=O) groups is 1. The molecule has 1 aromatic rings. The molecule has 1 unspecified atom stereocenters. The Morgan fingerprint density at radius 3 is 3.20 bits per heavy atom. The maximum atomic E-state index is 11.9. The first-order valence-corrected chi connectivity index (χ1v) is 5.34. The number of hydrogen-bond acceptors (Lipinski definition) is 3. The molecule has 0 aromatic carbocycles. The van der Waals surface area contributed by atoms with Gasteiger partial charge in [0.25, 0.3) is 5.91 Å². The normalized spacial score (nSPS) is 20.7. The van der Waals surface area contributed by atoms with Gasteiger partial charge < -0.3 is 10.5 Å². The summed E-state index contributed by atoms with van der Waals surface area (Å²) >= 11 is 0. The van der Waals surface area contributed by atoms with Crippen LogP contribution in [0, 0.1) is 0 Å². The maximum Gasteiger partial charge on any atom is 0.259 e. The molecular weight excluding hydrogens is 192 g/mol. The van der Waals surface area contributed by atoms with Gasteiger partial charge in [-0.15, -0.1) is 0 Å². The van der Waals surface area contributed by atoms with Gasteiger partial charge in [-0.25, -0.2) is 0 Å².